The van der Waals surface area contributed by atoms with Crippen LogP contribution in [-0.4, -0.2) is 22.7 Å². The van der Waals surface area contributed by atoms with Gasteiger partial charge in [0.1, 0.15) is 0 Å². The van der Waals surface area contributed by atoms with Crippen LogP contribution >= 0.6 is 11.6 Å². The second-order valence-corrected chi connectivity index (χ2v) is 4.08. The number of ether oxygens (including phenoxy) is 2. The summed E-state index contributed by atoms with van der Waals surface area (Å²) in [5.41, 5.74) is 0.422. The maximum atomic E-state index is 12.0. The second kappa shape index (κ2) is 4.74. The van der Waals surface area contributed by atoms with Crippen molar-refractivity contribution < 1.29 is 14.3 Å². The topological polar surface area (TPSA) is 73.3 Å². The number of benzene rings is 1. The number of anilines is 1. The summed E-state index contributed by atoms with van der Waals surface area (Å²) in [4.78, 5) is 19.8. The predicted octanol–water partition coefficient (Wildman–Crippen LogP) is 2.11. The van der Waals surface area contributed by atoms with E-state index in [1.165, 1.54) is 12.4 Å². The second-order valence-electron chi connectivity index (χ2n) is 3.72. The van der Waals surface area contributed by atoms with Crippen molar-refractivity contribution in [1.29, 1.82) is 0 Å². The highest BCUT2D eigenvalue weighted by Crippen LogP contribution is 2.32. The van der Waals surface area contributed by atoms with Crippen molar-refractivity contribution in [1.82, 2.24) is 9.97 Å². The molecular weight excluding hydrogens is 270 g/mol. The van der Waals surface area contributed by atoms with Gasteiger partial charge in [-0.05, 0) is 18.2 Å². The van der Waals surface area contributed by atoms with Gasteiger partial charge >= 0.3 is 0 Å². The predicted molar refractivity (Wildman–Crippen MR) is 67.6 cm³/mol. The van der Waals surface area contributed by atoms with Crippen LogP contribution in [0.25, 0.3) is 0 Å². The zero-order valence-electron chi connectivity index (χ0n) is 9.59. The van der Waals surface area contributed by atoms with Crippen molar-refractivity contribution in [2.24, 2.45) is 0 Å². The van der Waals surface area contributed by atoms with E-state index in [0.717, 1.165) is 0 Å². The first-order valence-electron chi connectivity index (χ1n) is 5.41. The number of halogens is 1. The first-order chi connectivity index (χ1) is 9.24. The van der Waals surface area contributed by atoms with E-state index < -0.39 is 0 Å². The first kappa shape index (κ1) is 11.7. The Balaban J connectivity index is 1.83. The van der Waals surface area contributed by atoms with Gasteiger partial charge in [-0.2, -0.15) is 0 Å². The Morgan fingerprint density at radius 1 is 1.21 bits per heavy atom. The minimum Gasteiger partial charge on any atom is -0.454 e. The molecule has 2 heterocycles. The lowest BCUT2D eigenvalue weighted by Gasteiger charge is -2.05. The lowest BCUT2D eigenvalue weighted by Crippen LogP contribution is -2.13. The third kappa shape index (κ3) is 2.30. The molecule has 2 aromatic rings. The monoisotopic (exact) mass is 277 g/mol. The summed E-state index contributed by atoms with van der Waals surface area (Å²) in [7, 11) is 0. The summed E-state index contributed by atoms with van der Waals surface area (Å²) in [5, 5.41) is 2.71. The van der Waals surface area contributed by atoms with Crippen LogP contribution in [0.3, 0.4) is 0 Å². The molecule has 96 valence electrons. The zero-order chi connectivity index (χ0) is 13.2. The average Bonchev–Trinajstić information content (AvgIpc) is 2.88. The Kier molecular flexibility index (Phi) is 2.92. The molecule has 6 nitrogen and oxygen atoms in total. The van der Waals surface area contributed by atoms with Crippen LogP contribution in [0.2, 0.25) is 5.15 Å². The van der Waals surface area contributed by atoms with E-state index in [0.29, 0.717) is 17.1 Å². The van der Waals surface area contributed by atoms with E-state index in [4.69, 9.17) is 21.1 Å². The Labute approximate surface area is 113 Å². The smallest absolute Gasteiger partial charge is 0.257 e. The molecule has 3 rings (SSSR count). The molecule has 0 spiro atoms. The molecule has 0 aliphatic carbocycles. The van der Waals surface area contributed by atoms with Crippen molar-refractivity contribution in [2.45, 2.75) is 0 Å². The van der Waals surface area contributed by atoms with Gasteiger partial charge in [0.15, 0.2) is 22.5 Å². The van der Waals surface area contributed by atoms with Crippen LogP contribution in [0.5, 0.6) is 11.5 Å². The van der Waals surface area contributed by atoms with Gasteiger partial charge in [-0.1, -0.05) is 11.6 Å². The molecule has 0 saturated carbocycles. The third-order valence-corrected chi connectivity index (χ3v) is 2.80. The lowest BCUT2D eigenvalue weighted by atomic mass is 10.2. The van der Waals surface area contributed by atoms with E-state index in [1.807, 2.05) is 0 Å². The third-order valence-electron chi connectivity index (χ3n) is 2.52. The first-order valence-corrected chi connectivity index (χ1v) is 5.79. The number of carbonyl (C=O) groups is 1. The molecule has 1 aromatic carbocycles. The molecule has 1 aliphatic rings. The van der Waals surface area contributed by atoms with E-state index in [1.54, 1.807) is 18.2 Å². The van der Waals surface area contributed by atoms with Crippen molar-refractivity contribution in [3.05, 3.63) is 41.3 Å². The average molecular weight is 278 g/mol. The van der Waals surface area contributed by atoms with Crippen LogP contribution in [0, 0.1) is 0 Å². The highest BCUT2D eigenvalue weighted by atomic mass is 35.5. The number of carbonyl (C=O) groups excluding carboxylic acids is 1. The normalized spacial score (nSPS) is 12.3. The number of nitrogens with zero attached hydrogens (tertiary/aromatic N) is 2. The van der Waals surface area contributed by atoms with E-state index >= 15 is 0 Å². The fraction of sp³-hybridized carbons (Fsp3) is 0.0833. The number of hydrogen-bond acceptors (Lipinski definition) is 5. The molecule has 1 amide bonds. The van der Waals surface area contributed by atoms with Crippen molar-refractivity contribution in [3.8, 4) is 11.5 Å². The van der Waals surface area contributed by atoms with Crippen molar-refractivity contribution >= 4 is 23.3 Å². The molecule has 0 radical (unpaired) electrons. The van der Waals surface area contributed by atoms with Crippen LogP contribution in [-0.2, 0) is 0 Å². The molecule has 0 atom stereocenters. The van der Waals surface area contributed by atoms with Gasteiger partial charge in [-0.15, -0.1) is 0 Å². The molecule has 0 fully saturated rings. The summed E-state index contributed by atoms with van der Waals surface area (Å²) < 4.78 is 10.4. The number of amides is 1. The zero-order valence-corrected chi connectivity index (χ0v) is 10.3. The summed E-state index contributed by atoms with van der Waals surface area (Å²) in [6, 6.07) is 4.91. The highest BCUT2D eigenvalue weighted by Gasteiger charge is 2.17. The quantitative estimate of drug-likeness (QED) is 0.910. The molecule has 0 bridgehead atoms. The van der Waals surface area contributed by atoms with Gasteiger partial charge in [0.25, 0.3) is 5.91 Å². The summed E-state index contributed by atoms with van der Waals surface area (Å²) in [6.07, 6.45) is 2.89. The van der Waals surface area contributed by atoms with Crippen molar-refractivity contribution in [2.75, 3.05) is 12.1 Å². The van der Waals surface area contributed by atoms with Crippen LogP contribution < -0.4 is 14.8 Å². The minimum atomic E-state index is -0.347. The number of nitrogens with one attached hydrogen (secondary N) is 1. The summed E-state index contributed by atoms with van der Waals surface area (Å²) in [5.74, 6) is 1.03. The molecule has 1 N–H and O–H groups in total. The van der Waals surface area contributed by atoms with E-state index in [-0.39, 0.29) is 23.7 Å². The molecule has 0 saturated heterocycles. The van der Waals surface area contributed by atoms with Crippen LogP contribution in [0.4, 0.5) is 5.82 Å². The maximum absolute atomic E-state index is 12.0. The minimum absolute atomic E-state index is 0.136. The van der Waals surface area contributed by atoms with Gasteiger partial charge in [-0.25, -0.2) is 9.97 Å². The SMILES string of the molecule is O=C(Nc1nccnc1Cl)c1ccc2c(c1)OCO2. The molecule has 1 aliphatic heterocycles. The molecule has 0 unspecified atom stereocenters. The molecule has 19 heavy (non-hydrogen) atoms. The highest BCUT2D eigenvalue weighted by molar-refractivity contribution is 6.32. The summed E-state index contributed by atoms with van der Waals surface area (Å²) >= 11 is 5.82. The van der Waals surface area contributed by atoms with Gasteiger partial charge in [0.05, 0.1) is 0 Å². The lowest BCUT2D eigenvalue weighted by molar-refractivity contribution is 0.102. The molecule has 7 heteroatoms. The van der Waals surface area contributed by atoms with Gasteiger partial charge in [-0.3, -0.25) is 4.79 Å². The number of hydrogen-bond donors (Lipinski definition) is 1. The number of rotatable bonds is 2. The Morgan fingerprint density at radius 2 is 2.00 bits per heavy atom. The Hall–Kier alpha value is -2.34. The van der Waals surface area contributed by atoms with Gasteiger partial charge in [0, 0.05) is 18.0 Å². The van der Waals surface area contributed by atoms with Crippen LogP contribution in [0.1, 0.15) is 10.4 Å². The standard InChI is InChI=1S/C12H8ClN3O3/c13-10-11(15-4-3-14-10)16-12(17)7-1-2-8-9(5-7)19-6-18-8/h1-5H,6H2,(H,15,16,17). The number of aromatic nitrogens is 2. The van der Waals surface area contributed by atoms with Gasteiger partial charge in [0.2, 0.25) is 6.79 Å². The molecule has 1 aromatic heterocycles. The Bertz CT molecular complexity index is 648. The summed E-state index contributed by atoms with van der Waals surface area (Å²) in [6.45, 7) is 0.163. The van der Waals surface area contributed by atoms with Crippen LogP contribution in [0.15, 0.2) is 30.6 Å². The number of fused-ring (bicyclic) bond motifs is 1. The fourth-order valence-electron chi connectivity index (χ4n) is 1.62. The Morgan fingerprint density at radius 3 is 2.84 bits per heavy atom. The van der Waals surface area contributed by atoms with Crippen molar-refractivity contribution in [3.63, 3.8) is 0 Å². The van der Waals surface area contributed by atoms with E-state index in [2.05, 4.69) is 15.3 Å². The largest absolute Gasteiger partial charge is 0.454 e. The van der Waals surface area contributed by atoms with E-state index in [9.17, 15) is 4.79 Å². The fourth-order valence-corrected chi connectivity index (χ4v) is 1.77. The maximum Gasteiger partial charge on any atom is 0.257 e. The van der Waals surface area contributed by atoms with Gasteiger partial charge < -0.3 is 14.8 Å². The molecular formula is C12H8ClN3O3.